The van der Waals surface area contributed by atoms with Crippen molar-refractivity contribution in [1.82, 2.24) is 4.90 Å². The zero-order valence-electron chi connectivity index (χ0n) is 11.7. The number of hydrogen-bond acceptors (Lipinski definition) is 3. The molecule has 2 rings (SSSR count). The minimum absolute atomic E-state index is 0.000181. The summed E-state index contributed by atoms with van der Waals surface area (Å²) in [6, 6.07) is 3.86. The lowest BCUT2D eigenvalue weighted by molar-refractivity contribution is -0.130. The van der Waals surface area contributed by atoms with Crippen LogP contribution in [0, 0.1) is 11.7 Å². The van der Waals surface area contributed by atoms with Crippen LogP contribution in [0.25, 0.3) is 0 Å². The first-order valence-corrected chi connectivity index (χ1v) is 9.17. The fraction of sp³-hybridized carbons (Fsp3) is 0.500. The standard InChI is InChI=1S/C14H17BrFNO3S/c1-10(18)17-6-4-11(5-7-17)9-21(19,20)12-2-3-13(15)14(16)8-12/h2-3,8,11H,4-7,9H2,1H3. The summed E-state index contributed by atoms with van der Waals surface area (Å²) in [6.45, 7) is 2.69. The highest BCUT2D eigenvalue weighted by Crippen LogP contribution is 2.25. The number of benzene rings is 1. The third-order valence-corrected chi connectivity index (χ3v) is 6.29. The third-order valence-electron chi connectivity index (χ3n) is 3.77. The van der Waals surface area contributed by atoms with Gasteiger partial charge in [0.25, 0.3) is 0 Å². The fourth-order valence-corrected chi connectivity index (χ4v) is 4.44. The van der Waals surface area contributed by atoms with E-state index in [4.69, 9.17) is 0 Å². The minimum atomic E-state index is -3.50. The van der Waals surface area contributed by atoms with E-state index >= 15 is 0 Å². The van der Waals surface area contributed by atoms with Gasteiger partial charge in [-0.3, -0.25) is 4.79 Å². The van der Waals surface area contributed by atoms with Crippen molar-refractivity contribution in [1.29, 1.82) is 0 Å². The van der Waals surface area contributed by atoms with Crippen LogP contribution in [0.2, 0.25) is 0 Å². The number of halogens is 2. The van der Waals surface area contributed by atoms with Gasteiger partial charge >= 0.3 is 0 Å². The van der Waals surface area contributed by atoms with E-state index in [0.29, 0.717) is 25.9 Å². The molecule has 0 aliphatic carbocycles. The van der Waals surface area contributed by atoms with Crippen LogP contribution in [-0.4, -0.2) is 38.1 Å². The summed E-state index contributed by atoms with van der Waals surface area (Å²) in [5.74, 6) is -0.550. The first kappa shape index (κ1) is 16.4. The molecule has 1 aliphatic heterocycles. The summed E-state index contributed by atoms with van der Waals surface area (Å²) in [4.78, 5) is 13.0. The molecule has 1 saturated heterocycles. The zero-order valence-corrected chi connectivity index (χ0v) is 14.1. The molecule has 7 heteroatoms. The van der Waals surface area contributed by atoms with E-state index in [0.717, 1.165) is 6.07 Å². The number of hydrogen-bond donors (Lipinski definition) is 0. The average Bonchev–Trinajstić information content (AvgIpc) is 2.42. The summed E-state index contributed by atoms with van der Waals surface area (Å²) < 4.78 is 38.4. The van der Waals surface area contributed by atoms with E-state index in [-0.39, 0.29) is 26.9 Å². The smallest absolute Gasteiger partial charge is 0.219 e. The summed E-state index contributed by atoms with van der Waals surface area (Å²) >= 11 is 3.01. The number of amides is 1. The molecule has 0 saturated carbocycles. The predicted octanol–water partition coefficient (Wildman–Crippen LogP) is 2.62. The molecule has 1 amide bonds. The Balaban J connectivity index is 2.05. The maximum absolute atomic E-state index is 13.5. The molecular weight excluding hydrogens is 361 g/mol. The summed E-state index contributed by atoms with van der Waals surface area (Å²) in [6.07, 6.45) is 1.33. The number of rotatable bonds is 3. The van der Waals surface area contributed by atoms with Crippen LogP contribution in [0.15, 0.2) is 27.6 Å². The van der Waals surface area contributed by atoms with Gasteiger partial charge in [-0.2, -0.15) is 0 Å². The topological polar surface area (TPSA) is 54.5 Å². The molecule has 1 heterocycles. The van der Waals surface area contributed by atoms with Crippen molar-refractivity contribution in [3.63, 3.8) is 0 Å². The molecule has 4 nitrogen and oxygen atoms in total. The molecule has 0 atom stereocenters. The van der Waals surface area contributed by atoms with Gasteiger partial charge in [0.2, 0.25) is 5.91 Å². The Morgan fingerprint density at radius 2 is 2.00 bits per heavy atom. The van der Waals surface area contributed by atoms with Gasteiger partial charge in [-0.05, 0) is 52.9 Å². The van der Waals surface area contributed by atoms with Crippen molar-refractivity contribution in [2.45, 2.75) is 24.7 Å². The molecule has 1 aliphatic rings. The second kappa shape index (κ2) is 6.44. The van der Waals surface area contributed by atoms with Gasteiger partial charge in [-0.1, -0.05) is 0 Å². The number of sulfone groups is 1. The molecular formula is C14H17BrFNO3S. The largest absolute Gasteiger partial charge is 0.343 e. The quantitative estimate of drug-likeness (QED) is 0.813. The van der Waals surface area contributed by atoms with E-state index in [9.17, 15) is 17.6 Å². The zero-order chi connectivity index (χ0) is 15.6. The maximum Gasteiger partial charge on any atom is 0.219 e. The molecule has 0 bridgehead atoms. The predicted molar refractivity (Wildman–Crippen MR) is 81.1 cm³/mol. The molecule has 0 N–H and O–H groups in total. The Morgan fingerprint density at radius 3 is 2.52 bits per heavy atom. The Hall–Kier alpha value is -0.950. The van der Waals surface area contributed by atoms with E-state index in [2.05, 4.69) is 15.9 Å². The van der Waals surface area contributed by atoms with Crippen molar-refractivity contribution in [2.75, 3.05) is 18.8 Å². The number of carbonyl (C=O) groups is 1. The van der Waals surface area contributed by atoms with Crippen LogP contribution in [0.5, 0.6) is 0 Å². The minimum Gasteiger partial charge on any atom is -0.343 e. The van der Waals surface area contributed by atoms with Crippen molar-refractivity contribution in [2.24, 2.45) is 5.92 Å². The average molecular weight is 378 g/mol. The van der Waals surface area contributed by atoms with E-state index in [1.54, 1.807) is 4.90 Å². The highest BCUT2D eigenvalue weighted by Gasteiger charge is 2.26. The van der Waals surface area contributed by atoms with Crippen LogP contribution >= 0.6 is 15.9 Å². The number of piperidine rings is 1. The van der Waals surface area contributed by atoms with Crippen LogP contribution in [0.3, 0.4) is 0 Å². The van der Waals surface area contributed by atoms with Gasteiger partial charge in [0.1, 0.15) is 5.82 Å². The van der Waals surface area contributed by atoms with Crippen molar-refractivity contribution < 1.29 is 17.6 Å². The SMILES string of the molecule is CC(=O)N1CCC(CS(=O)(=O)c2ccc(Br)c(F)c2)CC1. The first-order valence-electron chi connectivity index (χ1n) is 6.73. The molecule has 0 unspecified atom stereocenters. The van der Waals surface area contributed by atoms with E-state index in [1.165, 1.54) is 19.1 Å². The molecule has 0 aromatic heterocycles. The van der Waals surface area contributed by atoms with E-state index < -0.39 is 15.7 Å². The Labute approximate surface area is 132 Å². The number of likely N-dealkylation sites (tertiary alicyclic amines) is 1. The molecule has 116 valence electrons. The highest BCUT2D eigenvalue weighted by molar-refractivity contribution is 9.10. The molecule has 21 heavy (non-hydrogen) atoms. The van der Waals surface area contributed by atoms with Gasteiger partial charge in [-0.15, -0.1) is 0 Å². The van der Waals surface area contributed by atoms with Crippen LogP contribution in [0.4, 0.5) is 4.39 Å². The van der Waals surface area contributed by atoms with Gasteiger partial charge in [0.15, 0.2) is 9.84 Å². The van der Waals surface area contributed by atoms with Crippen molar-refractivity contribution in [3.05, 3.63) is 28.5 Å². The lowest BCUT2D eigenvalue weighted by Gasteiger charge is -2.31. The molecule has 1 aromatic carbocycles. The second-order valence-corrected chi connectivity index (χ2v) is 8.20. The van der Waals surface area contributed by atoms with Crippen molar-refractivity contribution >= 4 is 31.7 Å². The summed E-state index contributed by atoms with van der Waals surface area (Å²) in [7, 11) is -3.50. The van der Waals surface area contributed by atoms with Gasteiger partial charge in [0, 0.05) is 20.0 Å². The van der Waals surface area contributed by atoms with Crippen molar-refractivity contribution in [3.8, 4) is 0 Å². The number of nitrogens with zero attached hydrogens (tertiary/aromatic N) is 1. The first-order chi connectivity index (χ1) is 9.79. The lowest BCUT2D eigenvalue weighted by Crippen LogP contribution is -2.38. The molecule has 1 aromatic rings. The monoisotopic (exact) mass is 377 g/mol. The Morgan fingerprint density at radius 1 is 1.38 bits per heavy atom. The molecule has 0 radical (unpaired) electrons. The number of carbonyl (C=O) groups excluding carboxylic acids is 1. The summed E-state index contributed by atoms with van der Waals surface area (Å²) in [5, 5.41) is 0. The van der Waals surface area contributed by atoms with Crippen LogP contribution in [-0.2, 0) is 14.6 Å². The highest BCUT2D eigenvalue weighted by atomic mass is 79.9. The van der Waals surface area contributed by atoms with E-state index in [1.807, 2.05) is 0 Å². The normalized spacial score (nSPS) is 17.0. The van der Waals surface area contributed by atoms with Gasteiger partial charge in [0.05, 0.1) is 15.1 Å². The van der Waals surface area contributed by atoms with Gasteiger partial charge < -0.3 is 4.90 Å². The van der Waals surface area contributed by atoms with Crippen LogP contribution < -0.4 is 0 Å². The Kier molecular flexibility index (Phi) is 5.03. The Bertz CT molecular complexity index is 640. The molecule has 1 fully saturated rings. The summed E-state index contributed by atoms with van der Waals surface area (Å²) in [5.41, 5.74) is 0. The van der Waals surface area contributed by atoms with Gasteiger partial charge in [-0.25, -0.2) is 12.8 Å². The fourth-order valence-electron chi connectivity index (χ4n) is 2.49. The lowest BCUT2D eigenvalue weighted by atomic mass is 9.99. The third kappa shape index (κ3) is 4.03. The second-order valence-electron chi connectivity index (χ2n) is 5.31. The molecule has 0 spiro atoms. The van der Waals surface area contributed by atoms with Crippen LogP contribution in [0.1, 0.15) is 19.8 Å². The maximum atomic E-state index is 13.5.